The van der Waals surface area contributed by atoms with Gasteiger partial charge in [-0.15, -0.1) is 30.6 Å². The van der Waals surface area contributed by atoms with Crippen molar-refractivity contribution in [2.45, 2.75) is 20.1 Å². The number of benzene rings is 1. The molecule has 0 saturated carbocycles. The van der Waals surface area contributed by atoms with E-state index in [2.05, 4.69) is 46.5 Å². The molecule has 4 nitrogen and oxygen atoms in total. The minimum atomic E-state index is 0. The van der Waals surface area contributed by atoms with Crippen LogP contribution >= 0.6 is 24.0 Å². The Labute approximate surface area is 138 Å². The molecule has 0 aromatic heterocycles. The molecule has 1 aromatic rings. The van der Waals surface area contributed by atoms with Crippen molar-refractivity contribution in [1.29, 1.82) is 0 Å². The van der Waals surface area contributed by atoms with Crippen LogP contribution in [-0.2, 0) is 17.9 Å². The minimum Gasteiger partial charge on any atom is -0.377 e. The maximum absolute atomic E-state index is 5.37. The fraction of sp³-hybridized carbons (Fsp3) is 0.400. The van der Waals surface area contributed by atoms with E-state index in [-0.39, 0.29) is 24.0 Å². The van der Waals surface area contributed by atoms with Gasteiger partial charge in [0.05, 0.1) is 6.61 Å². The third-order valence-electron chi connectivity index (χ3n) is 2.59. The SMILES string of the molecule is C=CCNC(=NC)NCc1ccc(COCC)cc1.I. The van der Waals surface area contributed by atoms with Crippen LogP contribution in [0.5, 0.6) is 0 Å². The molecule has 0 aliphatic carbocycles. The average Bonchev–Trinajstić information content (AvgIpc) is 2.46. The lowest BCUT2D eigenvalue weighted by Gasteiger charge is -2.10. The highest BCUT2D eigenvalue weighted by molar-refractivity contribution is 14.0. The first-order valence-corrected chi connectivity index (χ1v) is 6.51. The zero-order chi connectivity index (χ0) is 13.9. The minimum absolute atomic E-state index is 0. The number of rotatable bonds is 7. The molecule has 0 bridgehead atoms. The smallest absolute Gasteiger partial charge is 0.191 e. The molecule has 0 heterocycles. The second-order valence-corrected chi connectivity index (χ2v) is 4.05. The molecule has 2 N–H and O–H groups in total. The van der Waals surface area contributed by atoms with E-state index in [1.54, 1.807) is 13.1 Å². The molecule has 1 rings (SSSR count). The molecule has 5 heteroatoms. The van der Waals surface area contributed by atoms with Crippen molar-refractivity contribution in [3.63, 3.8) is 0 Å². The Hall–Kier alpha value is -1.08. The lowest BCUT2D eigenvalue weighted by molar-refractivity contribution is 0.134. The predicted octanol–water partition coefficient (Wildman–Crippen LogP) is 2.69. The molecule has 0 fully saturated rings. The van der Waals surface area contributed by atoms with Gasteiger partial charge >= 0.3 is 0 Å². The standard InChI is InChI=1S/C15H23N3O.HI/c1-4-10-17-15(16-3)18-11-13-6-8-14(9-7-13)12-19-5-2;/h4,6-9H,1,5,10-12H2,2-3H3,(H2,16,17,18);1H. The molecule has 112 valence electrons. The van der Waals surface area contributed by atoms with E-state index in [1.807, 2.05) is 6.92 Å². The summed E-state index contributed by atoms with van der Waals surface area (Å²) in [4.78, 5) is 4.13. The number of hydrogen-bond acceptors (Lipinski definition) is 2. The van der Waals surface area contributed by atoms with E-state index in [9.17, 15) is 0 Å². The van der Waals surface area contributed by atoms with Crippen LogP contribution < -0.4 is 10.6 Å². The van der Waals surface area contributed by atoms with Crippen molar-refractivity contribution in [1.82, 2.24) is 10.6 Å². The molecule has 0 unspecified atom stereocenters. The maximum atomic E-state index is 5.37. The number of ether oxygens (including phenoxy) is 1. The number of halogens is 1. The molecule has 0 atom stereocenters. The van der Waals surface area contributed by atoms with Gasteiger partial charge in [-0.05, 0) is 18.1 Å². The van der Waals surface area contributed by atoms with Crippen molar-refractivity contribution in [3.05, 3.63) is 48.0 Å². The molecule has 0 spiro atoms. The monoisotopic (exact) mass is 389 g/mol. The normalized spacial score (nSPS) is 10.6. The summed E-state index contributed by atoms with van der Waals surface area (Å²) in [6, 6.07) is 8.38. The summed E-state index contributed by atoms with van der Waals surface area (Å²) in [5.74, 6) is 0.776. The first-order chi connectivity index (χ1) is 9.30. The molecular formula is C15H24IN3O. The summed E-state index contributed by atoms with van der Waals surface area (Å²) in [6.07, 6.45) is 1.80. The number of guanidine groups is 1. The zero-order valence-electron chi connectivity index (χ0n) is 12.2. The highest BCUT2D eigenvalue weighted by Crippen LogP contribution is 2.05. The predicted molar refractivity (Wildman–Crippen MR) is 95.6 cm³/mol. The van der Waals surface area contributed by atoms with Crippen LogP contribution in [0.4, 0.5) is 0 Å². The molecule has 1 aromatic carbocycles. The second kappa shape index (κ2) is 11.7. The van der Waals surface area contributed by atoms with E-state index < -0.39 is 0 Å². The first-order valence-electron chi connectivity index (χ1n) is 6.51. The Balaban J connectivity index is 0.00000361. The van der Waals surface area contributed by atoms with Crippen LogP contribution in [0.2, 0.25) is 0 Å². The lowest BCUT2D eigenvalue weighted by atomic mass is 10.1. The Kier molecular flexibility index (Phi) is 11.1. The molecule has 0 saturated heterocycles. The molecule has 0 amide bonds. The summed E-state index contributed by atoms with van der Waals surface area (Å²) < 4.78 is 5.37. The van der Waals surface area contributed by atoms with Gasteiger partial charge in [-0.25, -0.2) is 0 Å². The van der Waals surface area contributed by atoms with Gasteiger partial charge in [0.1, 0.15) is 0 Å². The fourth-order valence-electron chi connectivity index (χ4n) is 1.55. The summed E-state index contributed by atoms with van der Waals surface area (Å²) >= 11 is 0. The van der Waals surface area contributed by atoms with Gasteiger partial charge in [0.15, 0.2) is 5.96 Å². The van der Waals surface area contributed by atoms with Crippen molar-refractivity contribution in [2.24, 2.45) is 4.99 Å². The highest BCUT2D eigenvalue weighted by atomic mass is 127. The van der Waals surface area contributed by atoms with Gasteiger partial charge in [-0.3, -0.25) is 4.99 Å². The quantitative estimate of drug-likeness (QED) is 0.326. The van der Waals surface area contributed by atoms with Crippen LogP contribution in [0.3, 0.4) is 0 Å². The second-order valence-electron chi connectivity index (χ2n) is 4.05. The van der Waals surface area contributed by atoms with Crippen LogP contribution in [0.15, 0.2) is 41.9 Å². The van der Waals surface area contributed by atoms with E-state index in [0.717, 1.165) is 19.1 Å². The van der Waals surface area contributed by atoms with Gasteiger partial charge in [0.2, 0.25) is 0 Å². The Morgan fingerprint density at radius 2 is 1.90 bits per heavy atom. The van der Waals surface area contributed by atoms with Gasteiger partial charge in [0.25, 0.3) is 0 Å². The van der Waals surface area contributed by atoms with Crippen molar-refractivity contribution in [3.8, 4) is 0 Å². The van der Waals surface area contributed by atoms with Gasteiger partial charge in [0, 0.05) is 26.7 Å². The third kappa shape index (κ3) is 7.49. The highest BCUT2D eigenvalue weighted by Gasteiger charge is 1.98. The first kappa shape index (κ1) is 18.9. The largest absolute Gasteiger partial charge is 0.377 e. The van der Waals surface area contributed by atoms with Crippen LogP contribution in [0, 0.1) is 0 Å². The summed E-state index contributed by atoms with van der Waals surface area (Å²) in [7, 11) is 1.75. The summed E-state index contributed by atoms with van der Waals surface area (Å²) in [5.41, 5.74) is 2.40. The molecule has 0 radical (unpaired) electrons. The lowest BCUT2D eigenvalue weighted by Crippen LogP contribution is -2.36. The van der Waals surface area contributed by atoms with Crippen molar-refractivity contribution in [2.75, 3.05) is 20.2 Å². The zero-order valence-corrected chi connectivity index (χ0v) is 14.5. The number of nitrogens with one attached hydrogen (secondary N) is 2. The molecular weight excluding hydrogens is 365 g/mol. The van der Waals surface area contributed by atoms with E-state index >= 15 is 0 Å². The number of hydrogen-bond donors (Lipinski definition) is 2. The average molecular weight is 389 g/mol. The van der Waals surface area contributed by atoms with Crippen LogP contribution in [0.1, 0.15) is 18.1 Å². The van der Waals surface area contributed by atoms with E-state index in [1.165, 1.54) is 11.1 Å². The topological polar surface area (TPSA) is 45.7 Å². The molecule has 0 aliphatic rings. The van der Waals surface area contributed by atoms with E-state index in [4.69, 9.17) is 4.74 Å². The van der Waals surface area contributed by atoms with E-state index in [0.29, 0.717) is 13.2 Å². The molecule has 0 aliphatic heterocycles. The number of aliphatic imine (C=N–C) groups is 1. The summed E-state index contributed by atoms with van der Waals surface area (Å²) in [5, 5.41) is 6.37. The van der Waals surface area contributed by atoms with Gasteiger partial charge < -0.3 is 15.4 Å². The van der Waals surface area contributed by atoms with Gasteiger partial charge in [-0.1, -0.05) is 30.3 Å². The van der Waals surface area contributed by atoms with Gasteiger partial charge in [-0.2, -0.15) is 0 Å². The summed E-state index contributed by atoms with van der Waals surface area (Å²) in [6.45, 7) is 8.52. The van der Waals surface area contributed by atoms with Crippen LogP contribution in [-0.4, -0.2) is 26.2 Å². The maximum Gasteiger partial charge on any atom is 0.191 e. The molecule has 20 heavy (non-hydrogen) atoms. The van der Waals surface area contributed by atoms with Crippen molar-refractivity contribution < 1.29 is 4.74 Å². The van der Waals surface area contributed by atoms with Crippen LogP contribution in [0.25, 0.3) is 0 Å². The third-order valence-corrected chi connectivity index (χ3v) is 2.59. The Morgan fingerprint density at radius 1 is 1.25 bits per heavy atom. The Morgan fingerprint density at radius 3 is 2.45 bits per heavy atom. The Bertz CT molecular complexity index is 404. The number of nitrogens with zero attached hydrogens (tertiary/aromatic N) is 1. The van der Waals surface area contributed by atoms with Crippen molar-refractivity contribution >= 4 is 29.9 Å². The fourth-order valence-corrected chi connectivity index (χ4v) is 1.55.